The molecule has 0 aliphatic carbocycles. The molecule has 1 atom stereocenters. The smallest absolute Gasteiger partial charge is 0.324 e. The molecule has 0 aliphatic rings. The molecular weight excluding hydrogens is 279 g/mol. The minimum atomic E-state index is -3.31. The van der Waals surface area contributed by atoms with Crippen molar-refractivity contribution in [1.29, 1.82) is 0 Å². The second kappa shape index (κ2) is 6.53. The van der Waals surface area contributed by atoms with Crippen LogP contribution in [-0.4, -0.2) is 16.4 Å². The Morgan fingerprint density at radius 2 is 2.16 bits per heavy atom. The number of nitrogens with one attached hydrogen (secondary N) is 1. The van der Waals surface area contributed by atoms with Crippen LogP contribution in [0.2, 0.25) is 0 Å². The van der Waals surface area contributed by atoms with Crippen LogP contribution in [0.5, 0.6) is 0 Å². The molecule has 0 spiro atoms. The van der Waals surface area contributed by atoms with Crippen LogP contribution in [0.1, 0.15) is 18.9 Å². The Bertz CT molecular complexity index is 601. The molecule has 0 bridgehead atoms. The van der Waals surface area contributed by atoms with Gasteiger partial charge in [0, 0.05) is 23.9 Å². The molecule has 102 valence electrons. The van der Waals surface area contributed by atoms with Gasteiger partial charge < -0.3 is 4.89 Å². The minimum absolute atomic E-state index is 0.471. The van der Waals surface area contributed by atoms with Crippen molar-refractivity contribution < 1.29 is 9.46 Å². The van der Waals surface area contributed by atoms with Crippen LogP contribution in [0.25, 0.3) is 10.9 Å². The summed E-state index contributed by atoms with van der Waals surface area (Å²) in [7, 11) is 0. The maximum Gasteiger partial charge on any atom is 0.324 e. The van der Waals surface area contributed by atoms with Crippen molar-refractivity contribution in [1.82, 2.24) is 10.1 Å². The molecular formula is C13H17N2O2PS. The van der Waals surface area contributed by atoms with Crippen LogP contribution >= 0.6 is 18.1 Å². The number of benzene rings is 1. The highest BCUT2D eigenvalue weighted by Gasteiger charge is 2.18. The molecule has 0 amide bonds. The molecule has 1 unspecified atom stereocenters. The summed E-state index contributed by atoms with van der Waals surface area (Å²) < 4.78 is 11.9. The number of aromatic nitrogens is 1. The summed E-state index contributed by atoms with van der Waals surface area (Å²) in [5.41, 5.74) is 1.88. The average Bonchev–Trinajstić information content (AvgIpc) is 2.43. The first-order valence-corrected chi connectivity index (χ1v) is 9.42. The van der Waals surface area contributed by atoms with Gasteiger partial charge in [-0.25, -0.2) is 5.09 Å². The largest absolute Gasteiger partial charge is 0.326 e. The molecule has 6 heteroatoms. The molecule has 1 heterocycles. The quantitative estimate of drug-likeness (QED) is 0.798. The first kappa shape index (κ1) is 14.5. The highest BCUT2D eigenvalue weighted by molar-refractivity contribution is 8.55. The van der Waals surface area contributed by atoms with Crippen molar-refractivity contribution in [2.75, 3.05) is 6.54 Å². The zero-order valence-electron chi connectivity index (χ0n) is 10.7. The number of hydrogen-bond donors (Lipinski definition) is 2. The fraction of sp³-hybridized carbons (Fsp3) is 0.308. The van der Waals surface area contributed by atoms with E-state index >= 15 is 0 Å². The topological polar surface area (TPSA) is 62.2 Å². The van der Waals surface area contributed by atoms with Crippen LogP contribution in [0, 0.1) is 0 Å². The molecule has 0 saturated heterocycles. The Morgan fingerprint density at radius 1 is 1.37 bits per heavy atom. The predicted molar refractivity (Wildman–Crippen MR) is 81.2 cm³/mol. The van der Waals surface area contributed by atoms with Gasteiger partial charge in [0.15, 0.2) is 0 Å². The Hall–Kier alpha value is -0.870. The van der Waals surface area contributed by atoms with Gasteiger partial charge in [0.05, 0.1) is 5.52 Å². The Kier molecular flexibility index (Phi) is 4.99. The SMILES string of the molecule is CCCNP(=O)(O)SCc1cccc2cccnc12. The maximum absolute atomic E-state index is 11.9. The van der Waals surface area contributed by atoms with E-state index in [9.17, 15) is 9.46 Å². The Balaban J connectivity index is 2.12. The summed E-state index contributed by atoms with van der Waals surface area (Å²) in [5.74, 6) is 0.471. The van der Waals surface area contributed by atoms with E-state index in [2.05, 4.69) is 10.1 Å². The van der Waals surface area contributed by atoms with Gasteiger partial charge in [0.1, 0.15) is 0 Å². The standard InChI is InChI=1S/C13H17N2O2PS/c1-2-8-15-18(16,17)19-10-12-6-3-5-11-7-4-9-14-13(11)12/h3-7,9H,2,8,10H2,1H3,(H2,15,16,17). The first-order valence-electron chi connectivity index (χ1n) is 6.17. The van der Waals surface area contributed by atoms with Gasteiger partial charge in [-0.15, -0.1) is 0 Å². The zero-order chi connectivity index (χ0) is 13.7. The number of nitrogens with zero attached hydrogens (tertiary/aromatic N) is 1. The van der Waals surface area contributed by atoms with E-state index in [-0.39, 0.29) is 0 Å². The highest BCUT2D eigenvalue weighted by Crippen LogP contribution is 2.52. The summed E-state index contributed by atoms with van der Waals surface area (Å²) in [4.78, 5) is 14.1. The van der Waals surface area contributed by atoms with Gasteiger partial charge >= 0.3 is 6.72 Å². The Morgan fingerprint density at radius 3 is 2.95 bits per heavy atom. The van der Waals surface area contributed by atoms with Gasteiger partial charge in [-0.1, -0.05) is 31.2 Å². The number of rotatable bonds is 6. The first-order chi connectivity index (χ1) is 9.12. The molecule has 0 radical (unpaired) electrons. The zero-order valence-corrected chi connectivity index (χ0v) is 12.5. The van der Waals surface area contributed by atoms with Crippen LogP contribution in [0.4, 0.5) is 0 Å². The van der Waals surface area contributed by atoms with Crippen LogP contribution in [0.3, 0.4) is 0 Å². The molecule has 2 rings (SSSR count). The fourth-order valence-electron chi connectivity index (χ4n) is 1.74. The summed E-state index contributed by atoms with van der Waals surface area (Å²) in [5, 5.41) is 3.73. The van der Waals surface area contributed by atoms with Gasteiger partial charge in [0.2, 0.25) is 0 Å². The minimum Gasteiger partial charge on any atom is -0.326 e. The molecule has 0 saturated carbocycles. The molecule has 19 heavy (non-hydrogen) atoms. The number of hydrogen-bond acceptors (Lipinski definition) is 3. The van der Waals surface area contributed by atoms with Crippen molar-refractivity contribution in [3.63, 3.8) is 0 Å². The molecule has 1 aromatic heterocycles. The van der Waals surface area contributed by atoms with Crippen LogP contribution in [-0.2, 0) is 10.3 Å². The van der Waals surface area contributed by atoms with Crippen molar-refractivity contribution >= 4 is 29.0 Å². The lowest BCUT2D eigenvalue weighted by Gasteiger charge is -2.12. The van der Waals surface area contributed by atoms with Crippen molar-refractivity contribution in [3.8, 4) is 0 Å². The lowest BCUT2D eigenvalue weighted by atomic mass is 10.1. The van der Waals surface area contributed by atoms with E-state index in [0.717, 1.165) is 34.3 Å². The summed E-state index contributed by atoms with van der Waals surface area (Å²) in [6.07, 6.45) is 2.57. The maximum atomic E-state index is 11.9. The third-order valence-electron chi connectivity index (χ3n) is 2.67. The van der Waals surface area contributed by atoms with Crippen molar-refractivity contribution in [2.24, 2.45) is 0 Å². The van der Waals surface area contributed by atoms with E-state index in [1.54, 1.807) is 6.20 Å². The van der Waals surface area contributed by atoms with Gasteiger partial charge in [-0.2, -0.15) is 0 Å². The number of para-hydroxylation sites is 1. The van der Waals surface area contributed by atoms with E-state index < -0.39 is 6.72 Å². The highest BCUT2D eigenvalue weighted by atomic mass is 32.7. The second-order valence-electron chi connectivity index (χ2n) is 4.19. The Labute approximate surface area is 116 Å². The van der Waals surface area contributed by atoms with Crippen molar-refractivity contribution in [2.45, 2.75) is 19.1 Å². The molecule has 2 N–H and O–H groups in total. The average molecular weight is 296 g/mol. The molecule has 0 fully saturated rings. The third-order valence-corrected chi connectivity index (χ3v) is 5.91. The molecule has 4 nitrogen and oxygen atoms in total. The van der Waals surface area contributed by atoms with E-state index in [4.69, 9.17) is 0 Å². The van der Waals surface area contributed by atoms with Gasteiger partial charge in [-0.05, 0) is 29.4 Å². The van der Waals surface area contributed by atoms with Crippen molar-refractivity contribution in [3.05, 3.63) is 42.1 Å². The van der Waals surface area contributed by atoms with Crippen LogP contribution < -0.4 is 5.09 Å². The molecule has 2 aromatic rings. The molecule has 0 aliphatic heterocycles. The summed E-state index contributed by atoms with van der Waals surface area (Å²) in [6.45, 7) is -0.799. The summed E-state index contributed by atoms with van der Waals surface area (Å²) in [6, 6.07) is 9.76. The monoisotopic (exact) mass is 296 g/mol. The lowest BCUT2D eigenvalue weighted by molar-refractivity contribution is 0.482. The second-order valence-corrected chi connectivity index (χ2v) is 8.36. The number of pyridine rings is 1. The molecule has 1 aromatic carbocycles. The van der Waals surface area contributed by atoms with E-state index in [0.29, 0.717) is 12.3 Å². The summed E-state index contributed by atoms with van der Waals surface area (Å²) >= 11 is 1.05. The van der Waals surface area contributed by atoms with E-state index in [1.807, 2.05) is 37.3 Å². The number of fused-ring (bicyclic) bond motifs is 1. The fourth-order valence-corrected chi connectivity index (χ4v) is 4.37. The van der Waals surface area contributed by atoms with Gasteiger partial charge in [0.25, 0.3) is 0 Å². The van der Waals surface area contributed by atoms with E-state index in [1.165, 1.54) is 0 Å². The predicted octanol–water partition coefficient (Wildman–Crippen LogP) is 3.57. The van der Waals surface area contributed by atoms with Crippen LogP contribution in [0.15, 0.2) is 36.5 Å². The third kappa shape index (κ3) is 4.05. The normalized spacial score (nSPS) is 14.4. The van der Waals surface area contributed by atoms with Gasteiger partial charge in [-0.3, -0.25) is 9.55 Å². The lowest BCUT2D eigenvalue weighted by Crippen LogP contribution is -2.08.